The number of hydrogen-bond donors (Lipinski definition) is 1. The van der Waals surface area contributed by atoms with Crippen LogP contribution >= 0.6 is 0 Å². The first kappa shape index (κ1) is 17.9. The Morgan fingerprint density at radius 1 is 1.00 bits per heavy atom. The number of phenols is 1. The lowest BCUT2D eigenvalue weighted by Gasteiger charge is -2.47. The molecule has 1 spiro atoms. The van der Waals surface area contributed by atoms with E-state index >= 15 is 0 Å². The van der Waals surface area contributed by atoms with Crippen molar-refractivity contribution in [1.82, 2.24) is 4.90 Å². The van der Waals surface area contributed by atoms with Gasteiger partial charge in [0.05, 0.1) is 0 Å². The Hall–Kier alpha value is -1.91. The quantitative estimate of drug-likeness (QED) is 0.835. The number of ether oxygens (including phenoxy) is 1. The summed E-state index contributed by atoms with van der Waals surface area (Å²) in [5.74, 6) is 0.312. The summed E-state index contributed by atoms with van der Waals surface area (Å²) in [6, 6.07) is 7.47. The van der Waals surface area contributed by atoms with Gasteiger partial charge in [-0.15, -0.1) is 0 Å². The van der Waals surface area contributed by atoms with Crippen LogP contribution in [-0.2, 0) is 4.74 Å². The molecule has 1 N–H and O–H groups in total. The molecule has 0 unspecified atom stereocenters. The van der Waals surface area contributed by atoms with E-state index in [0.29, 0.717) is 11.2 Å². The zero-order valence-electron chi connectivity index (χ0n) is 15.6. The van der Waals surface area contributed by atoms with Gasteiger partial charge in [0.15, 0.2) is 0 Å². The number of aromatic hydroxyl groups is 1. The Labute approximate surface area is 150 Å². The SMILES string of the molecule is CC(C)(C)OC(=O)N1CCC2(CC1)CCN(c1ccc(O)cc1)CC2. The molecule has 2 aliphatic rings. The Kier molecular flexibility index (Phi) is 4.85. The predicted molar refractivity (Wildman–Crippen MR) is 99.0 cm³/mol. The normalized spacial score (nSPS) is 20.6. The predicted octanol–water partition coefficient (Wildman–Crippen LogP) is 4.01. The molecule has 0 radical (unpaired) electrons. The highest BCUT2D eigenvalue weighted by atomic mass is 16.6. The number of rotatable bonds is 1. The number of carbonyl (C=O) groups is 1. The molecule has 2 aliphatic heterocycles. The van der Waals surface area contributed by atoms with E-state index in [9.17, 15) is 9.90 Å². The first-order valence-electron chi connectivity index (χ1n) is 9.28. The van der Waals surface area contributed by atoms with Crippen molar-refractivity contribution in [2.24, 2.45) is 5.41 Å². The van der Waals surface area contributed by atoms with E-state index < -0.39 is 5.60 Å². The maximum Gasteiger partial charge on any atom is 0.410 e. The highest BCUT2D eigenvalue weighted by Crippen LogP contribution is 2.42. The third-order valence-corrected chi connectivity index (χ3v) is 5.51. The molecule has 0 bridgehead atoms. The van der Waals surface area contributed by atoms with Crippen molar-refractivity contribution in [1.29, 1.82) is 0 Å². The standard InChI is InChI=1S/C20H30N2O3/c1-19(2,3)25-18(24)22-14-10-20(11-15-22)8-12-21(13-9-20)16-4-6-17(23)7-5-16/h4-7,23H,8-15H2,1-3H3. The maximum absolute atomic E-state index is 12.2. The van der Waals surface area contributed by atoms with Gasteiger partial charge in [-0.2, -0.15) is 0 Å². The monoisotopic (exact) mass is 346 g/mol. The second-order valence-corrected chi connectivity index (χ2v) is 8.47. The van der Waals surface area contributed by atoms with Crippen LogP contribution < -0.4 is 4.90 Å². The van der Waals surface area contributed by atoms with E-state index in [0.717, 1.165) is 51.9 Å². The summed E-state index contributed by atoms with van der Waals surface area (Å²) in [6.45, 7) is 9.41. The van der Waals surface area contributed by atoms with Crippen molar-refractivity contribution in [2.75, 3.05) is 31.1 Å². The summed E-state index contributed by atoms with van der Waals surface area (Å²) in [6.07, 6.45) is 4.28. The molecule has 0 saturated carbocycles. The van der Waals surface area contributed by atoms with Gasteiger partial charge < -0.3 is 19.6 Å². The average Bonchev–Trinajstić information content (AvgIpc) is 2.56. The summed E-state index contributed by atoms with van der Waals surface area (Å²) in [4.78, 5) is 16.5. The second-order valence-electron chi connectivity index (χ2n) is 8.47. The van der Waals surface area contributed by atoms with Crippen LogP contribution in [0.3, 0.4) is 0 Å². The average molecular weight is 346 g/mol. The zero-order valence-corrected chi connectivity index (χ0v) is 15.6. The van der Waals surface area contributed by atoms with Gasteiger partial charge >= 0.3 is 6.09 Å². The van der Waals surface area contributed by atoms with E-state index in [4.69, 9.17) is 4.74 Å². The molecule has 2 fully saturated rings. The van der Waals surface area contributed by atoms with Crippen molar-refractivity contribution in [3.63, 3.8) is 0 Å². The molecule has 2 heterocycles. The molecule has 25 heavy (non-hydrogen) atoms. The van der Waals surface area contributed by atoms with Crippen LogP contribution in [0.2, 0.25) is 0 Å². The van der Waals surface area contributed by atoms with Crippen molar-refractivity contribution >= 4 is 11.8 Å². The van der Waals surface area contributed by atoms with Crippen molar-refractivity contribution in [3.8, 4) is 5.75 Å². The van der Waals surface area contributed by atoms with Gasteiger partial charge in [-0.05, 0) is 76.1 Å². The van der Waals surface area contributed by atoms with Crippen LogP contribution in [0.25, 0.3) is 0 Å². The fourth-order valence-electron chi connectivity index (χ4n) is 3.89. The highest BCUT2D eigenvalue weighted by molar-refractivity contribution is 5.68. The first-order chi connectivity index (χ1) is 11.8. The molecule has 3 rings (SSSR count). The van der Waals surface area contributed by atoms with E-state index in [1.165, 1.54) is 5.69 Å². The van der Waals surface area contributed by atoms with Crippen molar-refractivity contribution in [2.45, 2.75) is 52.1 Å². The Morgan fingerprint density at radius 2 is 1.52 bits per heavy atom. The summed E-state index contributed by atoms with van der Waals surface area (Å²) in [5, 5.41) is 9.43. The number of amides is 1. The molecule has 138 valence electrons. The summed E-state index contributed by atoms with van der Waals surface area (Å²) >= 11 is 0. The topological polar surface area (TPSA) is 53.0 Å². The molecule has 2 saturated heterocycles. The largest absolute Gasteiger partial charge is 0.508 e. The van der Waals surface area contributed by atoms with Crippen LogP contribution in [0.15, 0.2) is 24.3 Å². The lowest BCUT2D eigenvalue weighted by Crippen LogP contribution is -2.49. The first-order valence-corrected chi connectivity index (χ1v) is 9.28. The lowest BCUT2D eigenvalue weighted by molar-refractivity contribution is 0.00666. The number of phenolic OH excluding ortho intramolecular Hbond substituents is 1. The molecule has 0 aliphatic carbocycles. The third kappa shape index (κ3) is 4.39. The number of likely N-dealkylation sites (tertiary alicyclic amines) is 1. The Balaban J connectivity index is 1.51. The molecule has 1 amide bonds. The number of piperidine rings is 2. The van der Waals surface area contributed by atoms with Gasteiger partial charge in [0, 0.05) is 31.9 Å². The molecule has 1 aromatic rings. The number of benzene rings is 1. The van der Waals surface area contributed by atoms with Gasteiger partial charge in [0.2, 0.25) is 0 Å². The van der Waals surface area contributed by atoms with Crippen LogP contribution in [0.5, 0.6) is 5.75 Å². The molecule has 5 heteroatoms. The van der Waals surface area contributed by atoms with Crippen LogP contribution in [-0.4, -0.2) is 47.9 Å². The van der Waals surface area contributed by atoms with Crippen molar-refractivity contribution < 1.29 is 14.6 Å². The lowest BCUT2D eigenvalue weighted by atomic mass is 9.71. The van der Waals surface area contributed by atoms with Gasteiger partial charge in [-0.25, -0.2) is 4.79 Å². The summed E-state index contributed by atoms with van der Waals surface area (Å²) < 4.78 is 5.50. The van der Waals surface area contributed by atoms with Crippen molar-refractivity contribution in [3.05, 3.63) is 24.3 Å². The molecule has 1 aromatic carbocycles. The fraction of sp³-hybridized carbons (Fsp3) is 0.650. The van der Waals surface area contributed by atoms with Gasteiger partial charge in [0.1, 0.15) is 11.4 Å². The Bertz CT molecular complexity index is 588. The Morgan fingerprint density at radius 3 is 2.04 bits per heavy atom. The number of carbonyl (C=O) groups excluding carboxylic acids is 1. The third-order valence-electron chi connectivity index (χ3n) is 5.51. The summed E-state index contributed by atoms with van der Waals surface area (Å²) in [7, 11) is 0. The zero-order chi connectivity index (χ0) is 18.1. The van der Waals surface area contributed by atoms with E-state index in [2.05, 4.69) is 4.90 Å². The maximum atomic E-state index is 12.2. The van der Waals surface area contributed by atoms with E-state index in [1.807, 2.05) is 37.8 Å². The molecular weight excluding hydrogens is 316 g/mol. The molecule has 5 nitrogen and oxygen atoms in total. The molecular formula is C20H30N2O3. The highest BCUT2D eigenvalue weighted by Gasteiger charge is 2.39. The number of hydrogen-bond acceptors (Lipinski definition) is 4. The van der Waals surface area contributed by atoms with E-state index in [1.54, 1.807) is 12.1 Å². The number of anilines is 1. The minimum absolute atomic E-state index is 0.177. The molecule has 0 aromatic heterocycles. The van der Waals surface area contributed by atoms with Crippen LogP contribution in [0.4, 0.5) is 10.5 Å². The smallest absolute Gasteiger partial charge is 0.410 e. The van der Waals surface area contributed by atoms with Crippen LogP contribution in [0.1, 0.15) is 46.5 Å². The minimum Gasteiger partial charge on any atom is -0.508 e. The summed E-state index contributed by atoms with van der Waals surface area (Å²) in [5.41, 5.74) is 1.12. The van der Waals surface area contributed by atoms with Crippen LogP contribution in [0, 0.1) is 5.41 Å². The van der Waals surface area contributed by atoms with Gasteiger partial charge in [-0.1, -0.05) is 0 Å². The minimum atomic E-state index is -0.429. The van der Waals surface area contributed by atoms with E-state index in [-0.39, 0.29) is 6.09 Å². The number of nitrogens with zero attached hydrogens (tertiary/aromatic N) is 2. The van der Waals surface area contributed by atoms with Gasteiger partial charge in [-0.3, -0.25) is 0 Å². The fourth-order valence-corrected chi connectivity index (χ4v) is 3.89. The molecule has 0 atom stereocenters. The van der Waals surface area contributed by atoms with Gasteiger partial charge in [0.25, 0.3) is 0 Å². The second kappa shape index (κ2) is 6.77.